The van der Waals surface area contributed by atoms with Crippen LogP contribution < -0.4 is 14.9 Å². The number of hydrogen-bond donors (Lipinski definition) is 1. The van der Waals surface area contributed by atoms with Crippen LogP contribution in [0.4, 0.5) is 4.39 Å². The number of benzene rings is 3. The van der Waals surface area contributed by atoms with Gasteiger partial charge in [-0.15, -0.1) is 6.58 Å². The SMILES string of the molecule is C=CCc1cc(/C=N\NC(=O)c2cc3cc(Br)cc(Br)c3o2)cc(OC)c1OCc1ccc(F)cc1. The van der Waals surface area contributed by atoms with Crippen molar-refractivity contribution in [2.75, 3.05) is 7.11 Å². The van der Waals surface area contributed by atoms with E-state index in [1.807, 2.05) is 18.2 Å². The lowest BCUT2D eigenvalue weighted by atomic mass is 10.1. The van der Waals surface area contributed by atoms with E-state index in [1.165, 1.54) is 18.3 Å². The van der Waals surface area contributed by atoms with Crippen molar-refractivity contribution in [2.24, 2.45) is 5.10 Å². The monoisotopic (exact) mass is 614 g/mol. The summed E-state index contributed by atoms with van der Waals surface area (Å²) in [6, 6.07) is 15.1. The van der Waals surface area contributed by atoms with Crippen molar-refractivity contribution in [1.29, 1.82) is 0 Å². The van der Waals surface area contributed by atoms with Gasteiger partial charge in [-0.3, -0.25) is 4.79 Å². The fourth-order valence-corrected chi connectivity index (χ4v) is 4.86. The van der Waals surface area contributed by atoms with Gasteiger partial charge in [0, 0.05) is 15.4 Å². The van der Waals surface area contributed by atoms with Crippen LogP contribution in [0.1, 0.15) is 27.2 Å². The average molecular weight is 616 g/mol. The molecule has 0 aliphatic heterocycles. The van der Waals surface area contributed by atoms with E-state index in [0.717, 1.165) is 25.5 Å². The zero-order chi connectivity index (χ0) is 25.7. The van der Waals surface area contributed by atoms with Crippen molar-refractivity contribution in [2.45, 2.75) is 13.0 Å². The number of carbonyl (C=O) groups excluding carboxylic acids is 1. The number of carbonyl (C=O) groups is 1. The highest BCUT2D eigenvalue weighted by molar-refractivity contribution is 9.11. The molecule has 0 unspecified atom stereocenters. The molecular formula is C27H21Br2FN2O4. The van der Waals surface area contributed by atoms with E-state index < -0.39 is 5.91 Å². The second-order valence-electron chi connectivity index (χ2n) is 7.74. The maximum absolute atomic E-state index is 13.2. The molecule has 1 N–H and O–H groups in total. The first-order chi connectivity index (χ1) is 17.4. The predicted octanol–water partition coefficient (Wildman–Crippen LogP) is 7.18. The molecule has 0 fully saturated rings. The topological polar surface area (TPSA) is 73.1 Å². The molecule has 9 heteroatoms. The molecule has 4 rings (SSSR count). The Balaban J connectivity index is 1.51. The number of nitrogens with one attached hydrogen (secondary N) is 1. The van der Waals surface area contributed by atoms with Crippen LogP contribution in [0, 0.1) is 5.82 Å². The fraction of sp³-hybridized carbons (Fsp3) is 0.111. The maximum atomic E-state index is 13.2. The van der Waals surface area contributed by atoms with E-state index in [-0.39, 0.29) is 18.2 Å². The Labute approximate surface area is 224 Å². The molecule has 36 heavy (non-hydrogen) atoms. The number of nitrogens with zero attached hydrogens (tertiary/aromatic N) is 1. The number of halogens is 3. The molecule has 0 atom stereocenters. The summed E-state index contributed by atoms with van der Waals surface area (Å²) in [5.74, 6) is 0.401. The van der Waals surface area contributed by atoms with Crippen molar-refractivity contribution in [3.63, 3.8) is 0 Å². The largest absolute Gasteiger partial charge is 0.493 e. The summed E-state index contributed by atoms with van der Waals surface area (Å²) in [6.07, 6.45) is 3.78. The molecule has 184 valence electrons. The van der Waals surface area contributed by atoms with E-state index in [0.29, 0.717) is 29.1 Å². The molecule has 1 heterocycles. The summed E-state index contributed by atoms with van der Waals surface area (Å²) in [6.45, 7) is 4.06. The molecule has 0 aliphatic rings. The molecule has 0 aliphatic carbocycles. The van der Waals surface area contributed by atoms with Gasteiger partial charge < -0.3 is 13.9 Å². The van der Waals surface area contributed by atoms with E-state index in [1.54, 1.807) is 37.5 Å². The highest BCUT2D eigenvalue weighted by Gasteiger charge is 2.15. The van der Waals surface area contributed by atoms with Gasteiger partial charge in [-0.05, 0) is 75.9 Å². The second-order valence-corrected chi connectivity index (χ2v) is 9.51. The van der Waals surface area contributed by atoms with Gasteiger partial charge in [0.2, 0.25) is 0 Å². The minimum Gasteiger partial charge on any atom is -0.493 e. The average Bonchev–Trinajstić information content (AvgIpc) is 3.29. The Bertz CT molecular complexity index is 1450. The minimum absolute atomic E-state index is 0.135. The zero-order valence-electron chi connectivity index (χ0n) is 19.2. The lowest BCUT2D eigenvalue weighted by Gasteiger charge is -2.16. The van der Waals surface area contributed by atoms with E-state index in [2.05, 4.69) is 49.0 Å². The maximum Gasteiger partial charge on any atom is 0.307 e. The molecule has 0 bridgehead atoms. The third-order valence-corrected chi connectivity index (χ3v) is 6.22. The summed E-state index contributed by atoms with van der Waals surface area (Å²) in [4.78, 5) is 12.6. The summed E-state index contributed by atoms with van der Waals surface area (Å²) in [5.41, 5.74) is 5.39. The Hall–Kier alpha value is -3.43. The molecule has 6 nitrogen and oxygen atoms in total. The van der Waals surface area contributed by atoms with Gasteiger partial charge in [0.1, 0.15) is 18.0 Å². The number of rotatable bonds is 9. The highest BCUT2D eigenvalue weighted by atomic mass is 79.9. The third kappa shape index (κ3) is 6.03. The van der Waals surface area contributed by atoms with Crippen LogP contribution in [0.2, 0.25) is 0 Å². The Morgan fingerprint density at radius 1 is 1.17 bits per heavy atom. The summed E-state index contributed by atoms with van der Waals surface area (Å²) in [7, 11) is 1.54. The minimum atomic E-state index is -0.483. The molecule has 4 aromatic rings. The van der Waals surface area contributed by atoms with Crippen LogP contribution in [0.25, 0.3) is 11.0 Å². The Morgan fingerprint density at radius 3 is 2.67 bits per heavy atom. The van der Waals surface area contributed by atoms with Crippen LogP contribution in [-0.2, 0) is 13.0 Å². The lowest BCUT2D eigenvalue weighted by molar-refractivity contribution is 0.0929. The predicted molar refractivity (Wildman–Crippen MR) is 144 cm³/mol. The molecule has 0 saturated heterocycles. The second kappa shape index (κ2) is 11.5. The Morgan fingerprint density at radius 2 is 1.94 bits per heavy atom. The van der Waals surface area contributed by atoms with E-state index in [9.17, 15) is 9.18 Å². The summed E-state index contributed by atoms with van der Waals surface area (Å²) < 4.78 is 32.0. The molecule has 0 spiro atoms. The fourth-order valence-electron chi connectivity index (χ4n) is 3.53. The van der Waals surface area contributed by atoms with Crippen molar-refractivity contribution in [3.8, 4) is 11.5 Å². The van der Waals surface area contributed by atoms with Crippen molar-refractivity contribution in [1.82, 2.24) is 5.43 Å². The van der Waals surface area contributed by atoms with Crippen LogP contribution in [0.3, 0.4) is 0 Å². The zero-order valence-corrected chi connectivity index (χ0v) is 22.4. The smallest absolute Gasteiger partial charge is 0.307 e. The molecule has 0 saturated carbocycles. The number of fused-ring (bicyclic) bond motifs is 1. The number of amides is 1. The number of methoxy groups -OCH3 is 1. The van der Waals surface area contributed by atoms with Crippen LogP contribution in [0.15, 0.2) is 85.7 Å². The normalized spacial score (nSPS) is 11.1. The van der Waals surface area contributed by atoms with Crippen molar-refractivity contribution in [3.05, 3.63) is 104 Å². The number of furan rings is 1. The number of allylic oxidation sites excluding steroid dienone is 1. The first kappa shape index (κ1) is 25.7. The van der Waals surface area contributed by atoms with Crippen LogP contribution in [-0.4, -0.2) is 19.2 Å². The molecule has 3 aromatic carbocycles. The van der Waals surface area contributed by atoms with Gasteiger partial charge in [0.05, 0.1) is 17.8 Å². The van der Waals surface area contributed by atoms with Crippen LogP contribution >= 0.6 is 31.9 Å². The molecular weight excluding hydrogens is 595 g/mol. The number of hydrazone groups is 1. The summed E-state index contributed by atoms with van der Waals surface area (Å²) in [5, 5.41) is 4.85. The van der Waals surface area contributed by atoms with E-state index >= 15 is 0 Å². The van der Waals surface area contributed by atoms with Crippen LogP contribution in [0.5, 0.6) is 11.5 Å². The van der Waals surface area contributed by atoms with Gasteiger partial charge in [0.15, 0.2) is 17.3 Å². The molecule has 1 amide bonds. The van der Waals surface area contributed by atoms with Gasteiger partial charge in [-0.1, -0.05) is 34.1 Å². The van der Waals surface area contributed by atoms with Gasteiger partial charge in [-0.2, -0.15) is 5.10 Å². The van der Waals surface area contributed by atoms with Gasteiger partial charge >= 0.3 is 5.91 Å². The molecule has 0 radical (unpaired) electrons. The lowest BCUT2D eigenvalue weighted by Crippen LogP contribution is -2.16. The third-order valence-electron chi connectivity index (χ3n) is 5.17. The van der Waals surface area contributed by atoms with Gasteiger partial charge in [-0.25, -0.2) is 9.82 Å². The highest BCUT2D eigenvalue weighted by Crippen LogP contribution is 2.34. The molecule has 1 aromatic heterocycles. The van der Waals surface area contributed by atoms with Gasteiger partial charge in [0.25, 0.3) is 0 Å². The number of ether oxygens (including phenoxy) is 2. The van der Waals surface area contributed by atoms with E-state index in [4.69, 9.17) is 13.9 Å². The van der Waals surface area contributed by atoms with Crippen molar-refractivity contribution < 1.29 is 23.1 Å². The standard InChI is InChI=1S/C27H21Br2FN2O4/c1-3-4-18-9-17(10-23(34-2)26(18)35-15-16-5-7-21(30)8-6-16)14-31-32-27(33)24-12-19-11-20(28)13-22(29)25(19)36-24/h3,5-14H,1,4,15H2,2H3,(H,32,33)/b31-14-. The quantitative estimate of drug-likeness (QED) is 0.123. The first-order valence-corrected chi connectivity index (χ1v) is 12.4. The first-order valence-electron chi connectivity index (χ1n) is 10.8. The Kier molecular flexibility index (Phi) is 8.22. The number of hydrogen-bond acceptors (Lipinski definition) is 5. The van der Waals surface area contributed by atoms with Crippen molar-refractivity contribution >= 4 is 55.0 Å². The summed E-state index contributed by atoms with van der Waals surface area (Å²) >= 11 is 6.85.